The first kappa shape index (κ1) is 19.6. The van der Waals surface area contributed by atoms with E-state index in [0.29, 0.717) is 5.82 Å². The standard InChI is InChI=1S/C13H27N5O2S/c1-2-3-8-16-12(11-18(19)20)17-9-6-4-5-7-10-21-13(14)15/h11,16-17H,2-10H2,1H3,(H3,14,15)/b12-11-. The van der Waals surface area contributed by atoms with Crippen LogP contribution in [-0.2, 0) is 0 Å². The van der Waals surface area contributed by atoms with E-state index < -0.39 is 4.92 Å². The largest absolute Gasteiger partial charge is 0.379 e. The molecule has 122 valence electrons. The highest BCUT2D eigenvalue weighted by atomic mass is 32.2. The fourth-order valence-electron chi connectivity index (χ4n) is 1.64. The van der Waals surface area contributed by atoms with Gasteiger partial charge in [-0.2, -0.15) is 0 Å². The lowest BCUT2D eigenvalue weighted by Gasteiger charge is -2.10. The van der Waals surface area contributed by atoms with Crippen LogP contribution in [0.25, 0.3) is 0 Å². The maximum absolute atomic E-state index is 10.5. The molecule has 0 aromatic heterocycles. The number of thioether (sulfide) groups is 1. The van der Waals surface area contributed by atoms with Crippen molar-refractivity contribution < 1.29 is 4.92 Å². The molecule has 0 aromatic carbocycles. The summed E-state index contributed by atoms with van der Waals surface area (Å²) in [6.45, 7) is 3.54. The Bertz CT molecular complexity index is 337. The fraction of sp³-hybridized carbons (Fsp3) is 0.769. The third kappa shape index (κ3) is 14.8. The molecule has 7 nitrogen and oxygen atoms in total. The van der Waals surface area contributed by atoms with Crippen molar-refractivity contribution in [3.63, 3.8) is 0 Å². The average molecular weight is 317 g/mol. The van der Waals surface area contributed by atoms with Gasteiger partial charge in [0.25, 0.3) is 6.20 Å². The third-order valence-corrected chi connectivity index (χ3v) is 3.53. The fourth-order valence-corrected chi connectivity index (χ4v) is 2.21. The van der Waals surface area contributed by atoms with Crippen molar-refractivity contribution in [1.82, 2.24) is 10.6 Å². The summed E-state index contributed by atoms with van der Waals surface area (Å²) in [4.78, 5) is 10.1. The van der Waals surface area contributed by atoms with Crippen LogP contribution >= 0.6 is 11.8 Å². The highest BCUT2D eigenvalue weighted by Crippen LogP contribution is 2.06. The van der Waals surface area contributed by atoms with Gasteiger partial charge in [0.2, 0.25) is 0 Å². The first-order valence-electron chi connectivity index (χ1n) is 7.36. The minimum Gasteiger partial charge on any atom is -0.379 e. The molecule has 0 radical (unpaired) electrons. The van der Waals surface area contributed by atoms with Crippen LogP contribution in [-0.4, -0.2) is 28.9 Å². The van der Waals surface area contributed by atoms with E-state index in [1.165, 1.54) is 11.8 Å². The number of hydrogen-bond acceptors (Lipinski definition) is 6. The monoisotopic (exact) mass is 317 g/mol. The Balaban J connectivity index is 3.68. The van der Waals surface area contributed by atoms with Gasteiger partial charge in [-0.25, -0.2) is 0 Å². The van der Waals surface area contributed by atoms with E-state index in [9.17, 15) is 10.1 Å². The summed E-state index contributed by atoms with van der Waals surface area (Å²) in [5, 5.41) is 23.9. The van der Waals surface area contributed by atoms with Crippen LogP contribution in [0, 0.1) is 15.5 Å². The van der Waals surface area contributed by atoms with Gasteiger partial charge in [0.15, 0.2) is 11.0 Å². The van der Waals surface area contributed by atoms with Gasteiger partial charge >= 0.3 is 0 Å². The number of nitro groups is 1. The Kier molecular flexibility index (Phi) is 12.6. The number of nitrogens with zero attached hydrogens (tertiary/aromatic N) is 1. The maximum Gasteiger partial charge on any atom is 0.274 e. The lowest BCUT2D eigenvalue weighted by atomic mass is 10.2. The van der Waals surface area contributed by atoms with E-state index in [-0.39, 0.29) is 5.17 Å². The molecule has 8 heteroatoms. The zero-order chi connectivity index (χ0) is 15.9. The maximum atomic E-state index is 10.5. The Hall–Kier alpha value is -1.44. The van der Waals surface area contributed by atoms with E-state index in [4.69, 9.17) is 11.1 Å². The Morgan fingerprint density at radius 3 is 2.43 bits per heavy atom. The molecule has 5 N–H and O–H groups in total. The van der Waals surface area contributed by atoms with E-state index >= 15 is 0 Å². The van der Waals surface area contributed by atoms with E-state index in [1.807, 2.05) is 0 Å². The summed E-state index contributed by atoms with van der Waals surface area (Å²) in [5.74, 6) is 1.37. The molecule has 0 aromatic rings. The van der Waals surface area contributed by atoms with Crippen molar-refractivity contribution in [2.75, 3.05) is 18.8 Å². The van der Waals surface area contributed by atoms with Gasteiger partial charge in [-0.3, -0.25) is 15.5 Å². The summed E-state index contributed by atoms with van der Waals surface area (Å²) in [5.41, 5.74) is 5.25. The predicted octanol–water partition coefficient (Wildman–Crippen LogP) is 2.23. The predicted molar refractivity (Wildman–Crippen MR) is 88.8 cm³/mol. The zero-order valence-electron chi connectivity index (χ0n) is 12.7. The Morgan fingerprint density at radius 1 is 1.24 bits per heavy atom. The van der Waals surface area contributed by atoms with Gasteiger partial charge < -0.3 is 16.4 Å². The third-order valence-electron chi connectivity index (χ3n) is 2.72. The highest BCUT2D eigenvalue weighted by Gasteiger charge is 2.01. The van der Waals surface area contributed by atoms with Crippen molar-refractivity contribution >= 4 is 16.9 Å². The number of amidine groups is 1. The van der Waals surface area contributed by atoms with Crippen molar-refractivity contribution in [3.05, 3.63) is 22.1 Å². The molecule has 0 aliphatic heterocycles. The molecule has 0 unspecified atom stereocenters. The molecule has 0 spiro atoms. The van der Waals surface area contributed by atoms with E-state index in [1.54, 1.807) is 0 Å². The number of nitrogens with one attached hydrogen (secondary N) is 3. The summed E-state index contributed by atoms with van der Waals surface area (Å²) in [6, 6.07) is 0. The normalized spacial score (nSPS) is 11.2. The Morgan fingerprint density at radius 2 is 1.86 bits per heavy atom. The molecule has 0 aliphatic carbocycles. The number of hydrogen-bond donors (Lipinski definition) is 4. The number of unbranched alkanes of at least 4 members (excludes halogenated alkanes) is 4. The van der Waals surface area contributed by atoms with Gasteiger partial charge in [-0.1, -0.05) is 37.9 Å². The molecule has 0 aliphatic rings. The van der Waals surface area contributed by atoms with Gasteiger partial charge in [0.1, 0.15) is 0 Å². The van der Waals surface area contributed by atoms with Crippen molar-refractivity contribution in [2.45, 2.75) is 45.4 Å². The van der Waals surface area contributed by atoms with Gasteiger partial charge in [0.05, 0.1) is 4.92 Å². The second kappa shape index (κ2) is 13.5. The summed E-state index contributed by atoms with van der Waals surface area (Å²) in [6.07, 6.45) is 7.18. The van der Waals surface area contributed by atoms with Crippen LogP contribution in [0.2, 0.25) is 0 Å². The van der Waals surface area contributed by atoms with Crippen molar-refractivity contribution in [2.24, 2.45) is 5.73 Å². The number of nitrogens with two attached hydrogens (primary N) is 1. The van der Waals surface area contributed by atoms with E-state index in [0.717, 1.165) is 63.6 Å². The van der Waals surface area contributed by atoms with Gasteiger partial charge in [-0.05, 0) is 19.3 Å². The summed E-state index contributed by atoms with van der Waals surface area (Å²) in [7, 11) is 0. The van der Waals surface area contributed by atoms with Gasteiger partial charge in [-0.15, -0.1) is 0 Å². The average Bonchev–Trinajstić information content (AvgIpc) is 2.40. The van der Waals surface area contributed by atoms with Crippen LogP contribution < -0.4 is 16.4 Å². The van der Waals surface area contributed by atoms with Crippen molar-refractivity contribution in [3.8, 4) is 0 Å². The molecule has 21 heavy (non-hydrogen) atoms. The first-order chi connectivity index (χ1) is 10.1. The molecule has 0 rings (SSSR count). The van der Waals surface area contributed by atoms with Crippen molar-refractivity contribution in [1.29, 1.82) is 5.41 Å². The second-order valence-corrected chi connectivity index (χ2v) is 5.80. The minimum absolute atomic E-state index is 0.171. The van der Waals surface area contributed by atoms with Gasteiger partial charge in [0, 0.05) is 18.8 Å². The Labute approximate surface area is 130 Å². The molecule has 0 bridgehead atoms. The molecule has 0 amide bonds. The van der Waals surface area contributed by atoms with E-state index in [2.05, 4.69) is 17.6 Å². The SMILES string of the molecule is CCCCN/C(=C/[N+](=O)[O-])NCCCCCCSC(=N)N. The number of rotatable bonds is 13. The van der Waals surface area contributed by atoms with Crippen LogP contribution in [0.5, 0.6) is 0 Å². The van der Waals surface area contributed by atoms with Crippen LogP contribution in [0.4, 0.5) is 0 Å². The van der Waals surface area contributed by atoms with Crippen LogP contribution in [0.3, 0.4) is 0 Å². The lowest BCUT2D eigenvalue weighted by molar-refractivity contribution is -0.404. The first-order valence-corrected chi connectivity index (χ1v) is 8.34. The summed E-state index contributed by atoms with van der Waals surface area (Å²) >= 11 is 1.37. The second-order valence-electron chi connectivity index (χ2n) is 4.66. The highest BCUT2D eigenvalue weighted by molar-refractivity contribution is 8.13. The summed E-state index contributed by atoms with van der Waals surface area (Å²) < 4.78 is 0. The quantitative estimate of drug-likeness (QED) is 0.136. The molecular formula is C13H27N5O2S. The lowest BCUT2D eigenvalue weighted by Crippen LogP contribution is -2.28. The topological polar surface area (TPSA) is 117 Å². The molecule has 0 atom stereocenters. The molecule has 0 saturated heterocycles. The smallest absolute Gasteiger partial charge is 0.274 e. The molecule has 0 heterocycles. The molecular weight excluding hydrogens is 290 g/mol. The van der Waals surface area contributed by atoms with Crippen LogP contribution in [0.15, 0.2) is 12.0 Å². The zero-order valence-corrected chi connectivity index (χ0v) is 13.5. The minimum atomic E-state index is -0.444. The molecule has 0 saturated carbocycles. The van der Waals surface area contributed by atoms with Crippen LogP contribution in [0.1, 0.15) is 45.4 Å². The molecule has 0 fully saturated rings.